The first kappa shape index (κ1) is 13.4. The summed E-state index contributed by atoms with van der Waals surface area (Å²) in [5.41, 5.74) is 2.51. The lowest BCUT2D eigenvalue weighted by atomic mass is 10.2. The van der Waals surface area contributed by atoms with Crippen molar-refractivity contribution < 1.29 is 4.74 Å². The van der Waals surface area contributed by atoms with Crippen LogP contribution in [0.5, 0.6) is 0 Å². The predicted molar refractivity (Wildman–Crippen MR) is 74.9 cm³/mol. The number of nitrogens with two attached hydrogens (primary N) is 1. The first-order valence-electron chi connectivity index (χ1n) is 6.00. The molecule has 1 aromatic rings. The number of aromatic nitrogens is 2. The summed E-state index contributed by atoms with van der Waals surface area (Å²) in [4.78, 5) is 11.0. The van der Waals surface area contributed by atoms with Gasteiger partial charge in [-0.2, -0.15) is 0 Å². The van der Waals surface area contributed by atoms with Crippen LogP contribution in [0.2, 0.25) is 0 Å². The highest BCUT2D eigenvalue weighted by Crippen LogP contribution is 2.22. The maximum absolute atomic E-state index is 5.45. The molecule has 7 heteroatoms. The van der Waals surface area contributed by atoms with Crippen molar-refractivity contribution in [2.24, 2.45) is 5.84 Å². The lowest BCUT2D eigenvalue weighted by Crippen LogP contribution is -2.40. The molecule has 0 radical (unpaired) electrons. The van der Waals surface area contributed by atoms with Crippen molar-refractivity contribution >= 4 is 24.3 Å². The Bertz CT molecular complexity index is 414. The third kappa shape index (κ3) is 3.04. The van der Waals surface area contributed by atoms with Crippen LogP contribution < -0.4 is 16.2 Å². The Morgan fingerprint density at radius 1 is 1.56 bits per heavy atom. The number of nitrogens with one attached hydrogen (secondary N) is 1. The molecule has 0 amide bonds. The van der Waals surface area contributed by atoms with Crippen LogP contribution in [0.15, 0.2) is 6.07 Å². The topological polar surface area (TPSA) is 76.3 Å². The molecule has 0 spiro atoms. The number of anilines is 2. The summed E-state index contributed by atoms with van der Waals surface area (Å²) in [6, 6.07) is 1.84. The average molecular weight is 269 g/mol. The van der Waals surface area contributed by atoms with Gasteiger partial charge < -0.3 is 15.1 Å². The van der Waals surface area contributed by atoms with Gasteiger partial charge in [0, 0.05) is 18.5 Å². The highest BCUT2D eigenvalue weighted by Gasteiger charge is 2.20. The van der Waals surface area contributed by atoms with Gasteiger partial charge in [0.2, 0.25) is 0 Å². The van der Waals surface area contributed by atoms with Crippen LogP contribution in [-0.2, 0) is 4.74 Å². The third-order valence-electron chi connectivity index (χ3n) is 2.77. The van der Waals surface area contributed by atoms with Crippen LogP contribution in [0.4, 0.5) is 11.6 Å². The summed E-state index contributed by atoms with van der Waals surface area (Å²) in [6.07, 6.45) is 0. The number of hydrogen-bond donors (Lipinski definition) is 3. The van der Waals surface area contributed by atoms with Gasteiger partial charge in [-0.15, -0.1) is 12.6 Å². The fourth-order valence-electron chi connectivity index (χ4n) is 1.79. The Morgan fingerprint density at radius 3 is 2.94 bits per heavy atom. The molecular weight excluding hydrogens is 250 g/mol. The zero-order valence-corrected chi connectivity index (χ0v) is 11.5. The Morgan fingerprint density at radius 2 is 2.33 bits per heavy atom. The van der Waals surface area contributed by atoms with Gasteiger partial charge >= 0.3 is 0 Å². The van der Waals surface area contributed by atoms with E-state index in [-0.39, 0.29) is 11.4 Å². The Kier molecular flexibility index (Phi) is 4.26. The van der Waals surface area contributed by atoms with Gasteiger partial charge in [-0.05, 0) is 0 Å². The minimum Gasteiger partial charge on any atom is -0.364 e. The average Bonchev–Trinajstić information content (AvgIpc) is 2.38. The van der Waals surface area contributed by atoms with E-state index < -0.39 is 0 Å². The van der Waals surface area contributed by atoms with E-state index >= 15 is 0 Å². The van der Waals surface area contributed by atoms with Crippen LogP contribution in [-0.4, -0.2) is 35.1 Å². The van der Waals surface area contributed by atoms with Crippen molar-refractivity contribution in [1.82, 2.24) is 9.97 Å². The van der Waals surface area contributed by atoms with Gasteiger partial charge in [-0.1, -0.05) is 13.8 Å². The second-order valence-electron chi connectivity index (χ2n) is 4.54. The molecule has 2 heterocycles. The summed E-state index contributed by atoms with van der Waals surface area (Å²) in [6.45, 7) is 6.28. The number of hydrazine groups is 1. The number of ether oxygens (including phenoxy) is 1. The minimum atomic E-state index is -0.0782. The molecule has 1 aliphatic rings. The fourth-order valence-corrected chi connectivity index (χ4v) is 2.09. The summed E-state index contributed by atoms with van der Waals surface area (Å²) in [7, 11) is 0. The van der Waals surface area contributed by atoms with Gasteiger partial charge in [0.25, 0.3) is 0 Å². The summed E-state index contributed by atoms with van der Waals surface area (Å²) in [5, 5.41) is 0. The van der Waals surface area contributed by atoms with Crippen LogP contribution in [0.25, 0.3) is 0 Å². The number of nitrogen functional groups attached to an aromatic ring is 1. The molecule has 1 unspecified atom stereocenters. The lowest BCUT2D eigenvalue weighted by molar-refractivity contribution is 0.0993. The van der Waals surface area contributed by atoms with Crippen molar-refractivity contribution in [1.29, 1.82) is 0 Å². The quantitative estimate of drug-likeness (QED) is 0.431. The molecular formula is C11H19N5OS. The molecule has 2 rings (SSSR count). The van der Waals surface area contributed by atoms with Crippen molar-refractivity contribution in [3.05, 3.63) is 11.9 Å². The zero-order valence-electron chi connectivity index (χ0n) is 10.6. The molecule has 1 aromatic heterocycles. The summed E-state index contributed by atoms with van der Waals surface area (Å²) >= 11 is 4.34. The zero-order chi connectivity index (χ0) is 13.1. The van der Waals surface area contributed by atoms with Gasteiger partial charge in [0.1, 0.15) is 22.9 Å². The molecule has 1 saturated heterocycles. The molecule has 0 bridgehead atoms. The molecule has 1 aliphatic heterocycles. The predicted octanol–water partition coefficient (Wildman–Crippen LogP) is 0.978. The van der Waals surface area contributed by atoms with Crippen LogP contribution in [0, 0.1) is 0 Å². The second-order valence-corrected chi connectivity index (χ2v) is 5.12. The summed E-state index contributed by atoms with van der Waals surface area (Å²) in [5.74, 6) is 7.98. The Hall–Kier alpha value is -1.05. The van der Waals surface area contributed by atoms with E-state index in [1.807, 2.05) is 6.07 Å². The molecule has 0 saturated carbocycles. The first-order valence-corrected chi connectivity index (χ1v) is 6.52. The normalized spacial score (nSPS) is 20.3. The molecule has 0 aliphatic carbocycles. The van der Waals surface area contributed by atoms with Gasteiger partial charge in [-0.25, -0.2) is 15.8 Å². The van der Waals surface area contributed by atoms with Crippen molar-refractivity contribution in [3.8, 4) is 0 Å². The lowest BCUT2D eigenvalue weighted by Gasteiger charge is -2.31. The highest BCUT2D eigenvalue weighted by molar-refractivity contribution is 7.80. The smallest absolute Gasteiger partial charge is 0.145 e. The maximum Gasteiger partial charge on any atom is 0.145 e. The second kappa shape index (κ2) is 5.73. The van der Waals surface area contributed by atoms with Crippen LogP contribution >= 0.6 is 12.6 Å². The molecule has 100 valence electrons. The van der Waals surface area contributed by atoms with E-state index in [0.29, 0.717) is 19.0 Å². The van der Waals surface area contributed by atoms with Crippen molar-refractivity contribution in [2.45, 2.75) is 25.2 Å². The number of morpholine rings is 1. The molecule has 1 atom stereocenters. The van der Waals surface area contributed by atoms with Crippen LogP contribution in [0.1, 0.15) is 25.6 Å². The van der Waals surface area contributed by atoms with Crippen molar-refractivity contribution in [2.75, 3.05) is 30.0 Å². The number of hydrogen-bond acceptors (Lipinski definition) is 7. The molecule has 6 nitrogen and oxygen atoms in total. The SMILES string of the molecule is CC(C)c1nc(NN)cc(N2CCOC(S)C2)n1. The number of thiol groups is 1. The molecule has 18 heavy (non-hydrogen) atoms. The number of rotatable bonds is 3. The van der Waals surface area contributed by atoms with E-state index in [1.165, 1.54) is 0 Å². The fraction of sp³-hybridized carbons (Fsp3) is 0.636. The largest absolute Gasteiger partial charge is 0.364 e. The standard InChI is InChI=1S/C11H19N5OS/c1-7(2)11-13-8(15-12)5-9(14-11)16-3-4-17-10(18)6-16/h5,7,10,18H,3-4,6,12H2,1-2H3,(H,13,14,15). The van der Waals surface area contributed by atoms with E-state index in [0.717, 1.165) is 18.2 Å². The van der Waals surface area contributed by atoms with Crippen molar-refractivity contribution in [3.63, 3.8) is 0 Å². The van der Waals surface area contributed by atoms with E-state index in [4.69, 9.17) is 10.6 Å². The third-order valence-corrected chi connectivity index (χ3v) is 3.08. The highest BCUT2D eigenvalue weighted by atomic mass is 32.1. The summed E-state index contributed by atoms with van der Waals surface area (Å²) < 4.78 is 5.40. The molecule has 0 aromatic carbocycles. The van der Waals surface area contributed by atoms with Gasteiger partial charge in [-0.3, -0.25) is 0 Å². The van der Waals surface area contributed by atoms with Crippen LogP contribution in [0.3, 0.4) is 0 Å². The minimum absolute atomic E-state index is 0.0782. The van der Waals surface area contributed by atoms with E-state index in [9.17, 15) is 0 Å². The first-order chi connectivity index (χ1) is 8.60. The van der Waals surface area contributed by atoms with Gasteiger partial charge in [0.15, 0.2) is 0 Å². The Balaban J connectivity index is 2.28. The maximum atomic E-state index is 5.45. The van der Waals surface area contributed by atoms with E-state index in [2.05, 4.69) is 46.8 Å². The molecule has 3 N–H and O–H groups in total. The monoisotopic (exact) mass is 269 g/mol. The Labute approximate surface area is 112 Å². The van der Waals surface area contributed by atoms with Gasteiger partial charge in [0.05, 0.1) is 13.2 Å². The van der Waals surface area contributed by atoms with E-state index in [1.54, 1.807) is 0 Å². The molecule has 1 fully saturated rings. The number of nitrogens with zero attached hydrogens (tertiary/aromatic N) is 3.